The molecule has 0 amide bonds. The SMILES string of the molecule is CSc1nc(Cl)nc(C(=O)OCc2ccccc2)c1C(=O)OCc1ccccc1. The van der Waals surface area contributed by atoms with Crippen LogP contribution in [0.15, 0.2) is 65.7 Å². The maximum absolute atomic E-state index is 12.7. The van der Waals surface area contributed by atoms with Gasteiger partial charge in [0.1, 0.15) is 23.8 Å². The molecule has 0 aliphatic rings. The lowest BCUT2D eigenvalue weighted by Gasteiger charge is -2.12. The molecular weight excluding hydrogens is 412 g/mol. The minimum absolute atomic E-state index is 0.0361. The Morgan fingerprint density at radius 1 is 0.862 bits per heavy atom. The van der Waals surface area contributed by atoms with E-state index in [-0.39, 0.29) is 34.8 Å². The molecule has 0 N–H and O–H groups in total. The van der Waals surface area contributed by atoms with Crippen molar-refractivity contribution in [3.63, 3.8) is 0 Å². The van der Waals surface area contributed by atoms with Crippen molar-refractivity contribution in [2.24, 2.45) is 0 Å². The molecule has 0 aliphatic carbocycles. The summed E-state index contributed by atoms with van der Waals surface area (Å²) in [5.74, 6) is -1.50. The van der Waals surface area contributed by atoms with Crippen LogP contribution in [-0.2, 0) is 22.7 Å². The van der Waals surface area contributed by atoms with E-state index < -0.39 is 11.9 Å². The number of hydrogen-bond acceptors (Lipinski definition) is 7. The minimum atomic E-state index is -0.778. The van der Waals surface area contributed by atoms with Gasteiger partial charge in [0, 0.05) is 0 Å². The molecule has 6 nitrogen and oxygen atoms in total. The molecule has 2 aromatic carbocycles. The van der Waals surface area contributed by atoms with Crippen molar-refractivity contribution >= 4 is 35.3 Å². The summed E-state index contributed by atoms with van der Waals surface area (Å²) in [7, 11) is 0. The van der Waals surface area contributed by atoms with Gasteiger partial charge in [-0.1, -0.05) is 60.7 Å². The lowest BCUT2D eigenvalue weighted by molar-refractivity contribution is 0.0415. The Kier molecular flexibility index (Phi) is 7.21. The number of carbonyl (C=O) groups excluding carboxylic acids is 2. The maximum atomic E-state index is 12.7. The van der Waals surface area contributed by atoms with Gasteiger partial charge in [0.05, 0.1) is 0 Å². The molecule has 0 bridgehead atoms. The zero-order chi connectivity index (χ0) is 20.6. The van der Waals surface area contributed by atoms with Gasteiger partial charge in [-0.25, -0.2) is 19.6 Å². The minimum Gasteiger partial charge on any atom is -0.457 e. The second kappa shape index (κ2) is 10.0. The van der Waals surface area contributed by atoms with E-state index >= 15 is 0 Å². The van der Waals surface area contributed by atoms with E-state index in [4.69, 9.17) is 21.1 Å². The van der Waals surface area contributed by atoms with Crippen molar-refractivity contribution < 1.29 is 19.1 Å². The van der Waals surface area contributed by atoms with Crippen LogP contribution in [0.5, 0.6) is 0 Å². The first-order valence-electron chi connectivity index (χ1n) is 8.62. The van der Waals surface area contributed by atoms with Crippen LogP contribution in [0, 0.1) is 0 Å². The highest BCUT2D eigenvalue weighted by molar-refractivity contribution is 7.98. The molecule has 0 saturated heterocycles. The lowest BCUT2D eigenvalue weighted by atomic mass is 10.2. The van der Waals surface area contributed by atoms with Crippen LogP contribution >= 0.6 is 23.4 Å². The molecule has 0 fully saturated rings. The van der Waals surface area contributed by atoms with Crippen LogP contribution in [0.3, 0.4) is 0 Å². The highest BCUT2D eigenvalue weighted by Crippen LogP contribution is 2.25. The number of nitrogens with zero attached hydrogens (tertiary/aromatic N) is 2. The molecule has 0 radical (unpaired) electrons. The van der Waals surface area contributed by atoms with Gasteiger partial charge in [0.15, 0.2) is 5.69 Å². The number of rotatable bonds is 7. The number of esters is 2. The average Bonchev–Trinajstić information content (AvgIpc) is 2.76. The summed E-state index contributed by atoms with van der Waals surface area (Å²) in [5, 5.41) is 0.0929. The van der Waals surface area contributed by atoms with Crippen molar-refractivity contribution in [2.75, 3.05) is 6.26 Å². The van der Waals surface area contributed by atoms with Gasteiger partial charge in [-0.15, -0.1) is 11.8 Å². The van der Waals surface area contributed by atoms with Crippen molar-refractivity contribution in [2.45, 2.75) is 18.2 Å². The summed E-state index contributed by atoms with van der Waals surface area (Å²) in [6.07, 6.45) is 1.71. The van der Waals surface area contributed by atoms with E-state index in [2.05, 4.69) is 9.97 Å². The number of halogens is 1. The largest absolute Gasteiger partial charge is 0.457 e. The summed E-state index contributed by atoms with van der Waals surface area (Å²) in [6, 6.07) is 18.4. The number of benzene rings is 2. The number of ether oxygens (including phenoxy) is 2. The molecule has 29 heavy (non-hydrogen) atoms. The van der Waals surface area contributed by atoms with E-state index in [1.54, 1.807) is 6.26 Å². The fourth-order valence-electron chi connectivity index (χ4n) is 2.48. The van der Waals surface area contributed by atoms with Gasteiger partial charge in [0.2, 0.25) is 5.28 Å². The number of hydrogen-bond donors (Lipinski definition) is 0. The predicted molar refractivity (Wildman–Crippen MR) is 110 cm³/mol. The Morgan fingerprint density at radius 2 is 1.38 bits per heavy atom. The van der Waals surface area contributed by atoms with Crippen LogP contribution in [-0.4, -0.2) is 28.2 Å². The number of aromatic nitrogens is 2. The van der Waals surface area contributed by atoms with Gasteiger partial charge in [-0.3, -0.25) is 0 Å². The summed E-state index contributed by atoms with van der Waals surface area (Å²) in [6.45, 7) is 0.0863. The number of carbonyl (C=O) groups is 2. The first-order chi connectivity index (χ1) is 14.1. The van der Waals surface area contributed by atoms with Crippen molar-refractivity contribution in [1.29, 1.82) is 0 Å². The second-order valence-corrected chi connectivity index (χ2v) is 6.98. The van der Waals surface area contributed by atoms with Crippen LogP contribution in [0.2, 0.25) is 5.28 Å². The maximum Gasteiger partial charge on any atom is 0.358 e. The molecule has 1 aromatic heterocycles. The second-order valence-electron chi connectivity index (χ2n) is 5.85. The summed E-state index contributed by atoms with van der Waals surface area (Å²) < 4.78 is 10.7. The molecule has 3 rings (SSSR count). The Morgan fingerprint density at radius 3 is 1.90 bits per heavy atom. The molecular formula is C21H17ClN2O4S. The van der Waals surface area contributed by atoms with Crippen LogP contribution in [0.1, 0.15) is 32.0 Å². The quantitative estimate of drug-likeness (QED) is 0.236. The summed E-state index contributed by atoms with van der Waals surface area (Å²) >= 11 is 7.11. The first-order valence-corrected chi connectivity index (χ1v) is 10.2. The van der Waals surface area contributed by atoms with E-state index in [1.807, 2.05) is 60.7 Å². The molecule has 3 aromatic rings. The highest BCUT2D eigenvalue weighted by atomic mass is 35.5. The Hall–Kier alpha value is -2.90. The van der Waals surface area contributed by atoms with E-state index in [9.17, 15) is 9.59 Å². The van der Waals surface area contributed by atoms with Crippen molar-refractivity contribution in [3.05, 3.63) is 88.3 Å². The average molecular weight is 429 g/mol. The summed E-state index contributed by atoms with van der Waals surface area (Å²) in [4.78, 5) is 33.4. The van der Waals surface area contributed by atoms with Crippen molar-refractivity contribution in [3.8, 4) is 0 Å². The molecule has 0 atom stereocenters. The Bertz CT molecular complexity index is 1000. The molecule has 0 aliphatic heterocycles. The van der Waals surface area contributed by atoms with Crippen LogP contribution in [0.25, 0.3) is 0 Å². The lowest BCUT2D eigenvalue weighted by Crippen LogP contribution is -2.18. The van der Waals surface area contributed by atoms with Gasteiger partial charge < -0.3 is 9.47 Å². The van der Waals surface area contributed by atoms with E-state index in [0.29, 0.717) is 0 Å². The highest BCUT2D eigenvalue weighted by Gasteiger charge is 2.27. The van der Waals surface area contributed by atoms with Crippen LogP contribution < -0.4 is 0 Å². The fourth-order valence-corrected chi connectivity index (χ4v) is 3.26. The monoisotopic (exact) mass is 428 g/mol. The van der Waals surface area contributed by atoms with Gasteiger partial charge >= 0.3 is 11.9 Å². The molecule has 8 heteroatoms. The normalized spacial score (nSPS) is 10.4. The molecule has 148 valence electrons. The topological polar surface area (TPSA) is 78.4 Å². The molecule has 1 heterocycles. The molecule has 0 saturated carbocycles. The van der Waals surface area contributed by atoms with Crippen molar-refractivity contribution in [1.82, 2.24) is 9.97 Å². The smallest absolute Gasteiger partial charge is 0.358 e. The molecule has 0 unspecified atom stereocenters. The Balaban J connectivity index is 1.82. The zero-order valence-corrected chi connectivity index (χ0v) is 17.1. The van der Waals surface area contributed by atoms with E-state index in [0.717, 1.165) is 22.9 Å². The Labute approximate surface area is 177 Å². The van der Waals surface area contributed by atoms with Crippen LogP contribution in [0.4, 0.5) is 0 Å². The fraction of sp³-hybridized carbons (Fsp3) is 0.143. The van der Waals surface area contributed by atoms with Gasteiger partial charge in [-0.05, 0) is 29.0 Å². The third kappa shape index (κ3) is 5.56. The predicted octanol–water partition coefficient (Wildman–Crippen LogP) is 4.57. The summed E-state index contributed by atoms with van der Waals surface area (Å²) in [5.41, 5.74) is 1.34. The third-order valence-electron chi connectivity index (χ3n) is 3.86. The van der Waals surface area contributed by atoms with E-state index in [1.165, 1.54) is 0 Å². The molecule has 0 spiro atoms. The zero-order valence-electron chi connectivity index (χ0n) is 15.5. The number of thioether (sulfide) groups is 1. The standard InChI is InChI=1S/C21H17ClN2O4S/c1-29-18-16(19(25)27-12-14-8-4-2-5-9-14)17(23-21(22)24-18)20(26)28-13-15-10-6-3-7-11-15/h2-11H,12-13H2,1H3. The van der Waals surface area contributed by atoms with Gasteiger partial charge in [0.25, 0.3) is 0 Å². The van der Waals surface area contributed by atoms with Gasteiger partial charge in [-0.2, -0.15) is 0 Å². The third-order valence-corrected chi connectivity index (χ3v) is 4.72. The first kappa shape index (κ1) is 20.8.